The molecule has 0 amide bonds. The number of ketones is 2. The molecule has 0 saturated heterocycles. The van der Waals surface area contributed by atoms with Gasteiger partial charge in [-0.05, 0) is 74.0 Å². The summed E-state index contributed by atoms with van der Waals surface area (Å²) in [5, 5.41) is 10.2. The highest BCUT2D eigenvalue weighted by molar-refractivity contribution is 5.86. The van der Waals surface area contributed by atoms with E-state index in [4.69, 9.17) is 0 Å². The monoisotopic (exact) mass is 348 g/mol. The zero-order valence-corrected chi connectivity index (χ0v) is 16.7. The first-order chi connectivity index (χ1) is 11.6. The molecule has 3 rings (SSSR count). The average molecular weight is 349 g/mol. The molecule has 0 aromatic rings. The van der Waals surface area contributed by atoms with Gasteiger partial charge in [0.15, 0.2) is 0 Å². The maximum Gasteiger partial charge on any atom is 0.137 e. The molecule has 0 aromatic heterocycles. The van der Waals surface area contributed by atoms with Crippen LogP contribution >= 0.6 is 0 Å². The van der Waals surface area contributed by atoms with Crippen LogP contribution in [0.25, 0.3) is 0 Å². The van der Waals surface area contributed by atoms with Gasteiger partial charge in [0, 0.05) is 18.3 Å². The van der Waals surface area contributed by atoms with Crippen LogP contribution in [-0.2, 0) is 9.59 Å². The number of fused-ring (bicyclic) bond motifs is 3. The Balaban J connectivity index is 1.88. The molecule has 3 heteroatoms. The first kappa shape index (κ1) is 19.1. The minimum atomic E-state index is -0.252. The molecule has 0 bridgehead atoms. The summed E-state index contributed by atoms with van der Waals surface area (Å²) in [6.07, 6.45) is 6.20. The van der Waals surface area contributed by atoms with Crippen LogP contribution in [0, 0.1) is 40.4 Å². The van der Waals surface area contributed by atoms with E-state index < -0.39 is 0 Å². The van der Waals surface area contributed by atoms with Gasteiger partial charge in [-0.2, -0.15) is 0 Å². The van der Waals surface area contributed by atoms with E-state index in [-0.39, 0.29) is 34.6 Å². The van der Waals surface area contributed by atoms with Crippen molar-refractivity contribution in [2.24, 2.45) is 40.4 Å². The maximum absolute atomic E-state index is 13.3. The highest BCUT2D eigenvalue weighted by atomic mass is 16.3. The molecule has 0 aromatic carbocycles. The van der Waals surface area contributed by atoms with Crippen LogP contribution < -0.4 is 0 Å². The van der Waals surface area contributed by atoms with E-state index in [1.54, 1.807) is 6.92 Å². The van der Waals surface area contributed by atoms with Crippen LogP contribution in [0.3, 0.4) is 0 Å². The molecular weight excluding hydrogens is 312 g/mol. The predicted molar refractivity (Wildman–Crippen MR) is 99.0 cm³/mol. The van der Waals surface area contributed by atoms with Crippen molar-refractivity contribution in [3.05, 3.63) is 0 Å². The van der Waals surface area contributed by atoms with Crippen LogP contribution in [0.1, 0.15) is 79.6 Å². The summed E-state index contributed by atoms with van der Waals surface area (Å²) in [5.74, 6) is 2.21. The first-order valence-corrected chi connectivity index (χ1v) is 10.3. The highest BCUT2D eigenvalue weighted by Gasteiger charge is 2.62. The van der Waals surface area contributed by atoms with E-state index >= 15 is 0 Å². The van der Waals surface area contributed by atoms with Crippen molar-refractivity contribution in [3.8, 4) is 0 Å². The van der Waals surface area contributed by atoms with E-state index in [0.717, 1.165) is 38.5 Å². The summed E-state index contributed by atoms with van der Waals surface area (Å²) >= 11 is 0. The molecular formula is C22H36O3. The summed E-state index contributed by atoms with van der Waals surface area (Å²) in [6, 6.07) is 0. The number of hydrogen-bond donors (Lipinski definition) is 1. The van der Waals surface area contributed by atoms with E-state index in [9.17, 15) is 14.7 Å². The SMILES string of the molecule is CC[C@@H](O)C[C@@H]1CCC2[C@H](C(=O)C[C@@]3(C)C(C(C)=O)CC[C@@H]23)C1(C)C. The molecule has 3 saturated carbocycles. The number of carbonyl (C=O) groups is 2. The Labute approximate surface area is 153 Å². The Bertz CT molecular complexity index is 551. The van der Waals surface area contributed by atoms with Gasteiger partial charge in [-0.3, -0.25) is 9.59 Å². The van der Waals surface area contributed by atoms with Crippen molar-refractivity contribution >= 4 is 11.6 Å². The molecule has 0 radical (unpaired) electrons. The summed E-state index contributed by atoms with van der Waals surface area (Å²) < 4.78 is 0. The Kier molecular flexibility index (Phi) is 4.94. The van der Waals surface area contributed by atoms with Crippen molar-refractivity contribution in [2.45, 2.75) is 85.7 Å². The second-order valence-corrected chi connectivity index (χ2v) is 10.0. The zero-order chi connectivity index (χ0) is 18.6. The molecule has 3 aliphatic carbocycles. The van der Waals surface area contributed by atoms with Crippen LogP contribution in [-0.4, -0.2) is 22.8 Å². The number of rotatable bonds is 4. The van der Waals surface area contributed by atoms with E-state index in [2.05, 4.69) is 20.8 Å². The van der Waals surface area contributed by atoms with Gasteiger partial charge in [0.1, 0.15) is 11.6 Å². The molecule has 3 aliphatic rings. The molecule has 7 atom stereocenters. The molecule has 142 valence electrons. The lowest BCUT2D eigenvalue weighted by Gasteiger charge is -2.57. The van der Waals surface area contributed by atoms with Crippen LogP contribution in [0.2, 0.25) is 0 Å². The molecule has 3 nitrogen and oxygen atoms in total. The Morgan fingerprint density at radius 3 is 2.48 bits per heavy atom. The summed E-state index contributed by atoms with van der Waals surface area (Å²) in [6.45, 7) is 10.5. The standard InChI is InChI=1S/C22H36O3/c1-6-15(24)11-14-7-8-16-18-10-9-17(13(2)23)22(18,5)12-19(25)20(16)21(14,3)4/h14-18,20,24H,6-12H2,1-5H3/t14-,15+,16?,17?,18-,20+,22-/m0/s1. The van der Waals surface area contributed by atoms with Gasteiger partial charge >= 0.3 is 0 Å². The van der Waals surface area contributed by atoms with Crippen LogP contribution in [0.15, 0.2) is 0 Å². The predicted octanol–water partition coefficient (Wildman–Crippen LogP) is 4.41. The van der Waals surface area contributed by atoms with Gasteiger partial charge < -0.3 is 5.11 Å². The summed E-state index contributed by atoms with van der Waals surface area (Å²) in [4.78, 5) is 25.5. The van der Waals surface area contributed by atoms with E-state index in [0.29, 0.717) is 30.0 Å². The molecule has 0 aliphatic heterocycles. The zero-order valence-electron chi connectivity index (χ0n) is 16.7. The second-order valence-electron chi connectivity index (χ2n) is 10.0. The van der Waals surface area contributed by atoms with Gasteiger partial charge in [-0.15, -0.1) is 0 Å². The number of Topliss-reactive ketones (excluding diaryl/α,β-unsaturated/α-hetero) is 2. The minimum Gasteiger partial charge on any atom is -0.393 e. The third kappa shape index (κ3) is 2.91. The number of aliphatic hydroxyl groups is 1. The topological polar surface area (TPSA) is 54.4 Å². The summed E-state index contributed by atoms with van der Waals surface area (Å²) in [7, 11) is 0. The van der Waals surface area contributed by atoms with Crippen molar-refractivity contribution in [3.63, 3.8) is 0 Å². The fourth-order valence-corrected chi connectivity index (χ4v) is 7.12. The van der Waals surface area contributed by atoms with Gasteiger partial charge in [0.25, 0.3) is 0 Å². The van der Waals surface area contributed by atoms with Crippen molar-refractivity contribution in [1.29, 1.82) is 0 Å². The van der Waals surface area contributed by atoms with Crippen molar-refractivity contribution in [2.75, 3.05) is 0 Å². The quantitative estimate of drug-likeness (QED) is 0.819. The van der Waals surface area contributed by atoms with Gasteiger partial charge in [-0.1, -0.05) is 27.7 Å². The Morgan fingerprint density at radius 2 is 1.88 bits per heavy atom. The summed E-state index contributed by atoms with van der Waals surface area (Å²) in [5.41, 5.74) is -0.165. The number of aliphatic hydroxyl groups excluding tert-OH is 1. The van der Waals surface area contributed by atoms with Crippen LogP contribution in [0.4, 0.5) is 0 Å². The molecule has 2 unspecified atom stereocenters. The third-order valence-corrected chi connectivity index (χ3v) is 8.48. The molecule has 25 heavy (non-hydrogen) atoms. The molecule has 0 heterocycles. The van der Waals surface area contributed by atoms with Crippen molar-refractivity contribution in [1.82, 2.24) is 0 Å². The lowest BCUT2D eigenvalue weighted by atomic mass is 9.46. The molecule has 3 fully saturated rings. The van der Waals surface area contributed by atoms with E-state index in [1.807, 2.05) is 6.92 Å². The second kappa shape index (κ2) is 6.48. The van der Waals surface area contributed by atoms with Gasteiger partial charge in [-0.25, -0.2) is 0 Å². The number of carbonyl (C=O) groups excluding carboxylic acids is 2. The fraction of sp³-hybridized carbons (Fsp3) is 0.909. The Hall–Kier alpha value is -0.700. The molecule has 0 spiro atoms. The van der Waals surface area contributed by atoms with Gasteiger partial charge in [0.2, 0.25) is 0 Å². The Morgan fingerprint density at radius 1 is 1.20 bits per heavy atom. The molecule has 1 N–H and O–H groups in total. The minimum absolute atomic E-state index is 0.0498. The smallest absolute Gasteiger partial charge is 0.137 e. The van der Waals surface area contributed by atoms with Crippen LogP contribution in [0.5, 0.6) is 0 Å². The third-order valence-electron chi connectivity index (χ3n) is 8.48. The lowest BCUT2D eigenvalue weighted by molar-refractivity contribution is -0.154. The first-order valence-electron chi connectivity index (χ1n) is 10.3. The number of hydrogen-bond acceptors (Lipinski definition) is 3. The fourth-order valence-electron chi connectivity index (χ4n) is 7.12. The van der Waals surface area contributed by atoms with Crippen molar-refractivity contribution < 1.29 is 14.7 Å². The largest absolute Gasteiger partial charge is 0.393 e. The average Bonchev–Trinajstić information content (AvgIpc) is 2.85. The van der Waals surface area contributed by atoms with E-state index in [1.165, 1.54) is 0 Å². The normalized spacial score (nSPS) is 44.1. The van der Waals surface area contributed by atoms with Gasteiger partial charge in [0.05, 0.1) is 6.10 Å². The maximum atomic E-state index is 13.3. The highest BCUT2D eigenvalue weighted by Crippen LogP contribution is 2.64. The lowest BCUT2D eigenvalue weighted by Crippen LogP contribution is -2.55.